The number of rotatable bonds is 7. The number of carbonyl (C=O) groups is 3. The van der Waals surface area contributed by atoms with Gasteiger partial charge in [0, 0.05) is 11.1 Å². The van der Waals surface area contributed by atoms with Gasteiger partial charge in [0.15, 0.2) is 17.3 Å². The summed E-state index contributed by atoms with van der Waals surface area (Å²) in [7, 11) is 0. The summed E-state index contributed by atoms with van der Waals surface area (Å²) in [6.45, 7) is 2.04. The Labute approximate surface area is 210 Å². The largest absolute Gasteiger partial charge is 0.484 e. The summed E-state index contributed by atoms with van der Waals surface area (Å²) in [5.74, 6) is -2.84. The molecule has 4 nitrogen and oxygen atoms in total. The Morgan fingerprint density at radius 1 is 0.722 bits per heavy atom. The minimum Gasteiger partial charge on any atom is -0.484 e. The quantitative estimate of drug-likeness (QED) is 0.225. The van der Waals surface area contributed by atoms with Crippen LogP contribution in [0, 0.1) is 11.8 Å². The second kappa shape index (κ2) is 10.1. The monoisotopic (exact) mass is 474 g/mol. The van der Waals surface area contributed by atoms with E-state index in [1.165, 1.54) is 0 Å². The summed E-state index contributed by atoms with van der Waals surface area (Å²) in [5.41, 5.74) is 3.00. The Kier molecular flexibility index (Phi) is 6.59. The van der Waals surface area contributed by atoms with Gasteiger partial charge in [-0.2, -0.15) is 0 Å². The molecule has 4 heteroatoms. The van der Waals surface area contributed by atoms with Crippen LogP contribution in [0.5, 0.6) is 5.75 Å². The van der Waals surface area contributed by atoms with E-state index in [1.807, 2.05) is 61.5 Å². The molecule has 0 fully saturated rings. The molecule has 1 aliphatic rings. The molecule has 178 valence electrons. The van der Waals surface area contributed by atoms with Gasteiger partial charge in [-0.05, 0) is 29.7 Å². The molecule has 0 N–H and O–H groups in total. The molecule has 0 saturated heterocycles. The molecule has 36 heavy (non-hydrogen) atoms. The second-order valence-corrected chi connectivity index (χ2v) is 8.96. The van der Waals surface area contributed by atoms with Gasteiger partial charge in [-0.25, -0.2) is 0 Å². The number of ether oxygens (including phenoxy) is 1. The van der Waals surface area contributed by atoms with E-state index in [2.05, 4.69) is 0 Å². The molecule has 0 aliphatic carbocycles. The van der Waals surface area contributed by atoms with E-state index in [9.17, 15) is 14.4 Å². The molecule has 4 aromatic carbocycles. The summed E-state index contributed by atoms with van der Waals surface area (Å²) in [5, 5.41) is 0. The van der Waals surface area contributed by atoms with Crippen molar-refractivity contribution >= 4 is 17.3 Å². The molecule has 1 aliphatic heterocycles. The van der Waals surface area contributed by atoms with Gasteiger partial charge in [-0.3, -0.25) is 14.4 Å². The summed E-state index contributed by atoms with van der Waals surface area (Å²) in [4.78, 5) is 42.1. The van der Waals surface area contributed by atoms with Gasteiger partial charge in [0.2, 0.25) is 0 Å². The lowest BCUT2D eigenvalue weighted by Crippen LogP contribution is -2.43. The second-order valence-electron chi connectivity index (χ2n) is 8.96. The number of carbonyl (C=O) groups excluding carboxylic acids is 3. The van der Waals surface area contributed by atoms with Crippen LogP contribution < -0.4 is 4.74 Å². The van der Waals surface area contributed by atoms with Crippen LogP contribution in [0.1, 0.15) is 55.2 Å². The maximum absolute atomic E-state index is 14.1. The van der Waals surface area contributed by atoms with Gasteiger partial charge in [-0.1, -0.05) is 104 Å². The SMILES string of the molecule is CCc1ccc(C(=O)C(C(=O)c2ccccc2)C2C(=O)c3ccccc3OC2c2ccccc2)cc1. The molecule has 0 radical (unpaired) electrons. The zero-order valence-corrected chi connectivity index (χ0v) is 20.0. The number of ketones is 3. The van der Waals surface area contributed by atoms with E-state index in [-0.39, 0.29) is 17.3 Å². The van der Waals surface area contributed by atoms with Crippen molar-refractivity contribution in [2.45, 2.75) is 19.4 Å². The first-order valence-electron chi connectivity index (χ1n) is 12.2. The predicted molar refractivity (Wildman–Crippen MR) is 138 cm³/mol. The molecule has 0 bridgehead atoms. The van der Waals surface area contributed by atoms with Crippen LogP contribution in [0.25, 0.3) is 0 Å². The third kappa shape index (κ3) is 4.38. The molecule has 1 heterocycles. The number of para-hydroxylation sites is 1. The van der Waals surface area contributed by atoms with Crippen molar-refractivity contribution in [3.8, 4) is 5.75 Å². The molecule has 4 aromatic rings. The molecular formula is C32H26O4. The average molecular weight is 475 g/mol. The third-order valence-electron chi connectivity index (χ3n) is 6.79. The Morgan fingerprint density at radius 3 is 1.92 bits per heavy atom. The summed E-state index contributed by atoms with van der Waals surface area (Å²) >= 11 is 0. The van der Waals surface area contributed by atoms with Crippen LogP contribution in [0.15, 0.2) is 109 Å². The maximum Gasteiger partial charge on any atom is 0.174 e. The fourth-order valence-electron chi connectivity index (χ4n) is 4.86. The van der Waals surface area contributed by atoms with Crippen molar-refractivity contribution < 1.29 is 19.1 Å². The Morgan fingerprint density at radius 2 is 1.28 bits per heavy atom. The standard InChI is InChI=1S/C32H26O4/c1-2-21-17-19-23(20-18-21)30(34)27(29(33)22-11-5-3-6-12-22)28-31(35)25-15-9-10-16-26(25)36-32(28)24-13-7-4-8-14-24/h3-20,27-28,32H,2H2,1H3. The number of benzene rings is 4. The molecule has 0 aromatic heterocycles. The summed E-state index contributed by atoms with van der Waals surface area (Å²) in [6, 6.07) is 32.3. The number of hydrogen-bond donors (Lipinski definition) is 0. The van der Waals surface area contributed by atoms with E-state index in [1.54, 1.807) is 54.6 Å². The van der Waals surface area contributed by atoms with Gasteiger partial charge < -0.3 is 4.74 Å². The topological polar surface area (TPSA) is 60.4 Å². The van der Waals surface area contributed by atoms with E-state index < -0.39 is 17.9 Å². The Hall–Kier alpha value is -4.31. The van der Waals surface area contributed by atoms with Crippen LogP contribution in [0.2, 0.25) is 0 Å². The highest BCUT2D eigenvalue weighted by molar-refractivity contribution is 6.20. The zero-order chi connectivity index (χ0) is 25.1. The van der Waals surface area contributed by atoms with Crippen LogP contribution in [0.3, 0.4) is 0 Å². The van der Waals surface area contributed by atoms with Crippen molar-refractivity contribution in [1.29, 1.82) is 0 Å². The average Bonchev–Trinajstić information content (AvgIpc) is 2.95. The lowest BCUT2D eigenvalue weighted by molar-refractivity contribution is 0.0428. The van der Waals surface area contributed by atoms with Crippen molar-refractivity contribution in [1.82, 2.24) is 0 Å². The number of aryl methyl sites for hydroxylation is 1. The maximum atomic E-state index is 14.1. The van der Waals surface area contributed by atoms with Gasteiger partial charge in [0.1, 0.15) is 11.9 Å². The minimum atomic E-state index is -1.24. The zero-order valence-electron chi connectivity index (χ0n) is 20.0. The van der Waals surface area contributed by atoms with Gasteiger partial charge in [-0.15, -0.1) is 0 Å². The number of fused-ring (bicyclic) bond motifs is 1. The number of hydrogen-bond acceptors (Lipinski definition) is 4. The lowest BCUT2D eigenvalue weighted by atomic mass is 9.71. The molecule has 0 spiro atoms. The van der Waals surface area contributed by atoms with E-state index >= 15 is 0 Å². The van der Waals surface area contributed by atoms with Crippen LogP contribution in [-0.4, -0.2) is 17.3 Å². The highest BCUT2D eigenvalue weighted by atomic mass is 16.5. The normalized spacial score (nSPS) is 17.5. The third-order valence-corrected chi connectivity index (χ3v) is 6.79. The first-order chi connectivity index (χ1) is 17.6. The summed E-state index contributed by atoms with van der Waals surface area (Å²) < 4.78 is 6.37. The molecule has 5 rings (SSSR count). The van der Waals surface area contributed by atoms with Crippen LogP contribution >= 0.6 is 0 Å². The molecule has 3 atom stereocenters. The van der Waals surface area contributed by atoms with Gasteiger partial charge in [0.05, 0.1) is 17.4 Å². The first-order valence-corrected chi connectivity index (χ1v) is 12.2. The highest BCUT2D eigenvalue weighted by Gasteiger charge is 2.48. The molecule has 0 amide bonds. The van der Waals surface area contributed by atoms with Gasteiger partial charge >= 0.3 is 0 Å². The van der Waals surface area contributed by atoms with E-state index in [0.29, 0.717) is 22.4 Å². The Balaban J connectivity index is 1.67. The highest BCUT2D eigenvalue weighted by Crippen LogP contribution is 2.43. The summed E-state index contributed by atoms with van der Waals surface area (Å²) in [6.07, 6.45) is 0.0491. The lowest BCUT2D eigenvalue weighted by Gasteiger charge is -2.36. The predicted octanol–water partition coefficient (Wildman–Crippen LogP) is 6.56. The minimum absolute atomic E-state index is 0.265. The fourth-order valence-corrected chi connectivity index (χ4v) is 4.86. The van der Waals surface area contributed by atoms with E-state index in [4.69, 9.17) is 4.74 Å². The smallest absolute Gasteiger partial charge is 0.174 e. The van der Waals surface area contributed by atoms with Crippen molar-refractivity contribution in [2.75, 3.05) is 0 Å². The fraction of sp³-hybridized carbons (Fsp3) is 0.156. The molecular weight excluding hydrogens is 448 g/mol. The van der Waals surface area contributed by atoms with Crippen molar-refractivity contribution in [3.63, 3.8) is 0 Å². The first kappa shape index (κ1) is 23.4. The van der Waals surface area contributed by atoms with E-state index in [0.717, 1.165) is 17.5 Å². The van der Waals surface area contributed by atoms with Crippen molar-refractivity contribution in [2.24, 2.45) is 11.8 Å². The van der Waals surface area contributed by atoms with Gasteiger partial charge in [0.25, 0.3) is 0 Å². The van der Waals surface area contributed by atoms with Crippen LogP contribution in [0.4, 0.5) is 0 Å². The molecule has 3 unspecified atom stereocenters. The van der Waals surface area contributed by atoms with Crippen molar-refractivity contribution in [3.05, 3.63) is 137 Å². The van der Waals surface area contributed by atoms with Crippen LogP contribution in [-0.2, 0) is 6.42 Å². The number of Topliss-reactive ketones (excluding diaryl/α,β-unsaturated/α-hetero) is 3. The Bertz CT molecular complexity index is 1390. The molecule has 0 saturated carbocycles.